The third-order valence-electron chi connectivity index (χ3n) is 5.03. The molecule has 0 radical (unpaired) electrons. The Morgan fingerprint density at radius 3 is 1.32 bits per heavy atom. The maximum Gasteiger partial charge on any atom is 0.500 e. The zero-order valence-electron chi connectivity index (χ0n) is 18.3. The molecule has 0 aliphatic carbocycles. The molecule has 0 aliphatic heterocycles. The van der Waals surface area contributed by atoms with Crippen molar-refractivity contribution in [1.82, 2.24) is 0 Å². The zero-order valence-corrected chi connectivity index (χ0v) is 20.3. The van der Waals surface area contributed by atoms with Crippen molar-refractivity contribution in [3.05, 3.63) is 0 Å². The fourth-order valence-electron chi connectivity index (χ4n) is 4.19. The van der Waals surface area contributed by atoms with Gasteiger partial charge in [0.05, 0.1) is 0 Å². The van der Waals surface area contributed by atoms with Gasteiger partial charge in [-0.2, -0.15) is 0 Å². The van der Waals surface area contributed by atoms with E-state index in [2.05, 4.69) is 41.5 Å². The second kappa shape index (κ2) is 12.6. The Labute approximate surface area is 159 Å². The van der Waals surface area contributed by atoms with Gasteiger partial charge in [-0.15, -0.1) is 0 Å². The van der Waals surface area contributed by atoms with E-state index < -0.39 is 17.1 Å². The molecular weight excluding hydrogens is 348 g/mol. The van der Waals surface area contributed by atoms with Gasteiger partial charge in [0.15, 0.2) is 8.32 Å². The Hall–Kier alpha value is 0.274. The van der Waals surface area contributed by atoms with E-state index >= 15 is 0 Å². The zero-order chi connectivity index (χ0) is 19.5. The van der Waals surface area contributed by atoms with Crippen molar-refractivity contribution in [2.45, 2.75) is 97.8 Å². The third-order valence-corrected chi connectivity index (χ3v) is 14.3. The summed E-state index contributed by atoms with van der Waals surface area (Å²) in [5.74, 6) is 0. The number of hydrogen-bond acceptors (Lipinski definition) is 4. The van der Waals surface area contributed by atoms with Gasteiger partial charge in [-0.1, -0.05) is 41.5 Å². The van der Waals surface area contributed by atoms with Crippen LogP contribution in [0.5, 0.6) is 0 Å². The highest BCUT2D eigenvalue weighted by Crippen LogP contribution is 2.42. The Bertz CT molecular complexity index is 297. The highest BCUT2D eigenvalue weighted by atomic mass is 28.4. The molecule has 25 heavy (non-hydrogen) atoms. The first kappa shape index (κ1) is 25.3. The van der Waals surface area contributed by atoms with Crippen molar-refractivity contribution < 1.29 is 17.7 Å². The fraction of sp³-hybridized carbons (Fsp3) is 1.00. The van der Waals surface area contributed by atoms with Gasteiger partial charge < -0.3 is 17.7 Å². The molecule has 0 aromatic heterocycles. The Balaban J connectivity index is 4.66. The summed E-state index contributed by atoms with van der Waals surface area (Å²) >= 11 is 0. The van der Waals surface area contributed by atoms with E-state index in [1.807, 2.05) is 20.8 Å². The summed E-state index contributed by atoms with van der Waals surface area (Å²) in [6.07, 6.45) is 2.08. The SMILES string of the molecule is CCO[Si](CCCCO[Si](C(C)C)(C(C)C)C(C)C)(OCC)OCC. The maximum absolute atomic E-state index is 6.64. The lowest BCUT2D eigenvalue weighted by Crippen LogP contribution is -2.48. The van der Waals surface area contributed by atoms with Crippen LogP contribution in [0.3, 0.4) is 0 Å². The molecule has 0 saturated carbocycles. The first-order chi connectivity index (χ1) is 11.7. The molecule has 152 valence electrons. The molecule has 0 rings (SSSR count). The van der Waals surface area contributed by atoms with Crippen molar-refractivity contribution in [2.24, 2.45) is 0 Å². The average Bonchev–Trinajstić information content (AvgIpc) is 2.50. The van der Waals surface area contributed by atoms with Crippen LogP contribution >= 0.6 is 0 Å². The van der Waals surface area contributed by atoms with Gasteiger partial charge in [-0.25, -0.2) is 0 Å². The molecule has 0 aromatic rings. The molecule has 0 N–H and O–H groups in total. The second-order valence-electron chi connectivity index (χ2n) is 7.61. The van der Waals surface area contributed by atoms with Crippen molar-refractivity contribution >= 4 is 17.1 Å². The highest BCUT2D eigenvalue weighted by molar-refractivity contribution is 6.77. The average molecular weight is 393 g/mol. The fourth-order valence-corrected chi connectivity index (χ4v) is 12.4. The predicted octanol–water partition coefficient (Wildman–Crippen LogP) is 6.01. The number of hydrogen-bond donors (Lipinski definition) is 0. The summed E-state index contributed by atoms with van der Waals surface area (Å²) in [7, 11) is -4.25. The molecule has 0 unspecified atom stereocenters. The van der Waals surface area contributed by atoms with E-state index in [0.717, 1.165) is 25.5 Å². The van der Waals surface area contributed by atoms with Crippen LogP contribution in [-0.4, -0.2) is 43.5 Å². The largest absolute Gasteiger partial charge is 0.500 e. The van der Waals surface area contributed by atoms with Gasteiger partial charge in [-0.3, -0.25) is 0 Å². The quantitative estimate of drug-likeness (QED) is 0.253. The Morgan fingerprint density at radius 2 is 1.00 bits per heavy atom. The van der Waals surface area contributed by atoms with Crippen molar-refractivity contribution in [3.8, 4) is 0 Å². The van der Waals surface area contributed by atoms with E-state index in [1.54, 1.807) is 0 Å². The van der Waals surface area contributed by atoms with Crippen molar-refractivity contribution in [3.63, 3.8) is 0 Å². The van der Waals surface area contributed by atoms with Crippen LogP contribution in [0.4, 0.5) is 0 Å². The molecular formula is C19H44O4Si2. The molecule has 0 bridgehead atoms. The first-order valence-corrected chi connectivity index (χ1v) is 14.3. The van der Waals surface area contributed by atoms with Gasteiger partial charge >= 0.3 is 8.80 Å². The van der Waals surface area contributed by atoms with Crippen molar-refractivity contribution in [1.29, 1.82) is 0 Å². The summed E-state index contributed by atoms with van der Waals surface area (Å²) in [4.78, 5) is 0. The molecule has 0 saturated heterocycles. The summed E-state index contributed by atoms with van der Waals surface area (Å²) in [5, 5.41) is 0. The molecule has 6 heteroatoms. The van der Waals surface area contributed by atoms with Gasteiger partial charge in [-0.05, 0) is 50.2 Å². The van der Waals surface area contributed by atoms with E-state index in [0.29, 0.717) is 36.4 Å². The number of unbranched alkanes of at least 4 members (excludes halogenated alkanes) is 1. The lowest BCUT2D eigenvalue weighted by Gasteiger charge is -2.42. The van der Waals surface area contributed by atoms with Gasteiger partial charge in [0, 0.05) is 32.5 Å². The highest BCUT2D eigenvalue weighted by Gasteiger charge is 2.45. The minimum atomic E-state index is -2.50. The molecule has 0 amide bonds. The Kier molecular flexibility index (Phi) is 12.8. The topological polar surface area (TPSA) is 36.9 Å². The van der Waals surface area contributed by atoms with Crippen LogP contribution in [0, 0.1) is 0 Å². The van der Waals surface area contributed by atoms with E-state index in [-0.39, 0.29) is 0 Å². The molecule has 0 atom stereocenters. The second-order valence-corrected chi connectivity index (χ2v) is 15.8. The lowest BCUT2D eigenvalue weighted by molar-refractivity contribution is 0.0703. The van der Waals surface area contributed by atoms with Crippen LogP contribution in [0.15, 0.2) is 0 Å². The molecule has 0 aromatic carbocycles. The third kappa shape index (κ3) is 7.42. The van der Waals surface area contributed by atoms with E-state index in [1.165, 1.54) is 0 Å². The van der Waals surface area contributed by atoms with Gasteiger partial charge in [0.1, 0.15) is 0 Å². The predicted molar refractivity (Wildman–Crippen MR) is 112 cm³/mol. The van der Waals surface area contributed by atoms with Crippen molar-refractivity contribution in [2.75, 3.05) is 26.4 Å². The lowest BCUT2D eigenvalue weighted by atomic mass is 10.4. The maximum atomic E-state index is 6.64. The molecule has 0 aliphatic rings. The standard InChI is InChI=1S/C19H44O4Si2/c1-10-20-24(21-11-2,22-12-3)16-14-13-15-23-25(17(4)5,18(6)7)19(8)9/h17-19H,10-16H2,1-9H3. The number of rotatable bonds is 15. The molecule has 0 heterocycles. The minimum absolute atomic E-state index is 0.635. The summed E-state index contributed by atoms with van der Waals surface area (Å²) in [5.41, 5.74) is 1.91. The van der Waals surface area contributed by atoms with Crippen LogP contribution in [0.25, 0.3) is 0 Å². The summed E-state index contributed by atoms with van der Waals surface area (Å²) in [6, 6.07) is 0.880. The van der Waals surface area contributed by atoms with E-state index in [9.17, 15) is 0 Å². The van der Waals surface area contributed by atoms with Crippen LogP contribution in [0.2, 0.25) is 22.7 Å². The smallest absolute Gasteiger partial charge is 0.416 e. The monoisotopic (exact) mass is 392 g/mol. The normalized spacial score (nSPS) is 13.4. The summed E-state index contributed by atoms with van der Waals surface area (Å²) in [6.45, 7) is 22.8. The van der Waals surface area contributed by atoms with Gasteiger partial charge in [0.2, 0.25) is 0 Å². The molecule has 4 nitrogen and oxygen atoms in total. The minimum Gasteiger partial charge on any atom is -0.416 e. The molecule has 0 fully saturated rings. The van der Waals surface area contributed by atoms with Gasteiger partial charge in [0.25, 0.3) is 0 Å². The van der Waals surface area contributed by atoms with Crippen LogP contribution < -0.4 is 0 Å². The van der Waals surface area contributed by atoms with Crippen LogP contribution in [-0.2, 0) is 17.7 Å². The first-order valence-electron chi connectivity index (χ1n) is 10.3. The van der Waals surface area contributed by atoms with E-state index in [4.69, 9.17) is 17.7 Å². The van der Waals surface area contributed by atoms with Crippen LogP contribution in [0.1, 0.15) is 75.2 Å². The summed E-state index contributed by atoms with van der Waals surface area (Å²) < 4.78 is 24.4. The Morgan fingerprint density at radius 1 is 0.600 bits per heavy atom. The molecule has 0 spiro atoms.